The summed E-state index contributed by atoms with van der Waals surface area (Å²) in [6.07, 6.45) is 0. The number of hydrogen-bond acceptors (Lipinski definition) is 3. The number of amides is 3. The Morgan fingerprint density at radius 1 is 1.00 bits per heavy atom. The molecule has 2 rings (SSSR count). The van der Waals surface area contributed by atoms with E-state index in [2.05, 4.69) is 16.0 Å². The molecule has 0 radical (unpaired) electrons. The van der Waals surface area contributed by atoms with E-state index in [0.717, 1.165) is 16.8 Å². The molecule has 5 nitrogen and oxygen atoms in total. The number of imide groups is 1. The average molecular weight is 325 g/mol. The largest absolute Gasteiger partial charge is 0.374 e. The van der Waals surface area contributed by atoms with Gasteiger partial charge in [0, 0.05) is 12.2 Å². The monoisotopic (exact) mass is 325 g/mol. The summed E-state index contributed by atoms with van der Waals surface area (Å²) < 4.78 is 0. The summed E-state index contributed by atoms with van der Waals surface area (Å²) in [5, 5.41) is 8.11. The van der Waals surface area contributed by atoms with E-state index >= 15 is 0 Å². The van der Waals surface area contributed by atoms with E-state index in [4.69, 9.17) is 0 Å². The quantitative estimate of drug-likeness (QED) is 0.791. The molecule has 1 unspecified atom stereocenters. The average Bonchev–Trinajstić information content (AvgIpc) is 2.57. The number of urea groups is 1. The molecule has 0 saturated carbocycles. The van der Waals surface area contributed by atoms with Gasteiger partial charge in [-0.3, -0.25) is 10.1 Å². The molecule has 0 aliphatic heterocycles. The van der Waals surface area contributed by atoms with Crippen molar-refractivity contribution in [2.24, 2.45) is 0 Å². The van der Waals surface area contributed by atoms with E-state index in [1.165, 1.54) is 5.56 Å². The van der Waals surface area contributed by atoms with Gasteiger partial charge in [0.1, 0.15) is 6.04 Å². The molecule has 2 aromatic carbocycles. The molecule has 3 N–H and O–H groups in total. The molecule has 0 fully saturated rings. The number of rotatable bonds is 5. The van der Waals surface area contributed by atoms with Crippen LogP contribution in [-0.2, 0) is 11.3 Å². The molecule has 0 bridgehead atoms. The Bertz CT molecular complexity index is 714. The van der Waals surface area contributed by atoms with Crippen molar-refractivity contribution in [2.45, 2.75) is 33.4 Å². The summed E-state index contributed by atoms with van der Waals surface area (Å²) in [5.74, 6) is -0.376. The van der Waals surface area contributed by atoms with E-state index < -0.39 is 12.1 Å². The fraction of sp³-hybridized carbons (Fsp3) is 0.263. The topological polar surface area (TPSA) is 70.2 Å². The van der Waals surface area contributed by atoms with Crippen LogP contribution in [0.3, 0.4) is 0 Å². The maximum atomic E-state index is 12.1. The molecule has 0 heterocycles. The van der Waals surface area contributed by atoms with Gasteiger partial charge in [0.25, 0.3) is 0 Å². The molecule has 5 heteroatoms. The Morgan fingerprint density at radius 2 is 1.71 bits per heavy atom. The van der Waals surface area contributed by atoms with Gasteiger partial charge in [-0.2, -0.15) is 0 Å². The van der Waals surface area contributed by atoms with Gasteiger partial charge in [-0.05, 0) is 49.6 Å². The van der Waals surface area contributed by atoms with E-state index in [1.54, 1.807) is 6.92 Å². The SMILES string of the molecule is Cc1ccc(NC(C)C(=O)NC(=O)NCc2ccccc2)cc1C. The maximum Gasteiger partial charge on any atom is 0.321 e. The summed E-state index contributed by atoms with van der Waals surface area (Å²) in [6, 6.07) is 14.4. The van der Waals surface area contributed by atoms with Gasteiger partial charge >= 0.3 is 6.03 Å². The lowest BCUT2D eigenvalue weighted by molar-refractivity contribution is -0.120. The van der Waals surface area contributed by atoms with Crippen LogP contribution < -0.4 is 16.0 Å². The fourth-order valence-electron chi connectivity index (χ4n) is 2.19. The van der Waals surface area contributed by atoms with Gasteiger partial charge in [-0.1, -0.05) is 36.4 Å². The molecule has 0 aliphatic rings. The number of carbonyl (C=O) groups excluding carboxylic acids is 2. The minimum atomic E-state index is -0.519. The third-order valence-corrected chi connectivity index (χ3v) is 3.82. The zero-order valence-corrected chi connectivity index (χ0v) is 14.2. The number of anilines is 1. The van der Waals surface area contributed by atoms with Gasteiger partial charge in [-0.15, -0.1) is 0 Å². The van der Waals surface area contributed by atoms with Crippen LogP contribution in [0.2, 0.25) is 0 Å². The molecule has 126 valence electrons. The van der Waals surface area contributed by atoms with Crippen molar-refractivity contribution in [3.8, 4) is 0 Å². The van der Waals surface area contributed by atoms with Gasteiger partial charge in [0.05, 0.1) is 0 Å². The van der Waals surface area contributed by atoms with Crippen LogP contribution in [0.4, 0.5) is 10.5 Å². The first-order valence-electron chi connectivity index (χ1n) is 7.92. The number of hydrogen-bond donors (Lipinski definition) is 3. The summed E-state index contributed by atoms with van der Waals surface area (Å²) in [5.41, 5.74) is 4.16. The van der Waals surface area contributed by atoms with Crippen LogP contribution in [0.25, 0.3) is 0 Å². The standard InChI is InChI=1S/C19H23N3O2/c1-13-9-10-17(11-14(13)2)21-15(3)18(23)22-19(24)20-12-16-7-5-4-6-8-16/h4-11,15,21H,12H2,1-3H3,(H2,20,22,23,24). The summed E-state index contributed by atoms with van der Waals surface area (Å²) >= 11 is 0. The highest BCUT2D eigenvalue weighted by Crippen LogP contribution is 2.15. The van der Waals surface area contributed by atoms with Crippen LogP contribution in [0.5, 0.6) is 0 Å². The molecule has 0 aliphatic carbocycles. The van der Waals surface area contributed by atoms with Gasteiger partial charge in [-0.25, -0.2) is 4.79 Å². The van der Waals surface area contributed by atoms with Crippen molar-refractivity contribution in [1.29, 1.82) is 0 Å². The number of carbonyl (C=O) groups is 2. The molecule has 2 aromatic rings. The molecule has 0 spiro atoms. The Labute approximate surface area is 142 Å². The number of aryl methyl sites for hydroxylation is 2. The molecule has 24 heavy (non-hydrogen) atoms. The van der Waals surface area contributed by atoms with Crippen LogP contribution in [0.1, 0.15) is 23.6 Å². The minimum Gasteiger partial charge on any atom is -0.374 e. The highest BCUT2D eigenvalue weighted by atomic mass is 16.2. The Morgan fingerprint density at radius 3 is 2.38 bits per heavy atom. The van der Waals surface area contributed by atoms with Crippen LogP contribution in [-0.4, -0.2) is 18.0 Å². The van der Waals surface area contributed by atoms with E-state index in [-0.39, 0.29) is 5.91 Å². The van der Waals surface area contributed by atoms with Gasteiger partial charge < -0.3 is 10.6 Å². The second-order valence-corrected chi connectivity index (χ2v) is 5.82. The van der Waals surface area contributed by atoms with Crippen molar-refractivity contribution in [1.82, 2.24) is 10.6 Å². The molecule has 3 amide bonds. The zero-order chi connectivity index (χ0) is 17.5. The van der Waals surface area contributed by atoms with Crippen molar-refractivity contribution < 1.29 is 9.59 Å². The normalized spacial score (nSPS) is 11.5. The molecular weight excluding hydrogens is 302 g/mol. The Balaban J connectivity index is 1.82. The zero-order valence-electron chi connectivity index (χ0n) is 14.2. The van der Waals surface area contributed by atoms with Crippen LogP contribution in [0.15, 0.2) is 48.5 Å². The van der Waals surface area contributed by atoms with Crippen molar-refractivity contribution in [3.63, 3.8) is 0 Å². The molecule has 0 saturated heterocycles. The predicted molar refractivity (Wildman–Crippen MR) is 95.8 cm³/mol. The van der Waals surface area contributed by atoms with Crippen LogP contribution >= 0.6 is 0 Å². The lowest BCUT2D eigenvalue weighted by atomic mass is 10.1. The second-order valence-electron chi connectivity index (χ2n) is 5.82. The van der Waals surface area contributed by atoms with Gasteiger partial charge in [0.2, 0.25) is 5.91 Å². The van der Waals surface area contributed by atoms with E-state index in [9.17, 15) is 9.59 Å². The first kappa shape index (κ1) is 17.5. The first-order valence-corrected chi connectivity index (χ1v) is 7.92. The summed E-state index contributed by atoms with van der Waals surface area (Å²) in [6.45, 7) is 6.14. The van der Waals surface area contributed by atoms with Crippen molar-refractivity contribution >= 4 is 17.6 Å². The van der Waals surface area contributed by atoms with E-state index in [0.29, 0.717) is 6.54 Å². The molecule has 1 atom stereocenters. The third kappa shape index (κ3) is 5.12. The fourth-order valence-corrected chi connectivity index (χ4v) is 2.19. The van der Waals surface area contributed by atoms with Crippen molar-refractivity contribution in [2.75, 3.05) is 5.32 Å². The lowest BCUT2D eigenvalue weighted by Crippen LogP contribution is -2.45. The Kier molecular flexibility index (Phi) is 5.95. The number of nitrogens with one attached hydrogen (secondary N) is 3. The smallest absolute Gasteiger partial charge is 0.321 e. The van der Waals surface area contributed by atoms with Gasteiger partial charge in [0.15, 0.2) is 0 Å². The lowest BCUT2D eigenvalue weighted by Gasteiger charge is -2.16. The highest BCUT2D eigenvalue weighted by molar-refractivity contribution is 5.97. The Hall–Kier alpha value is -2.82. The highest BCUT2D eigenvalue weighted by Gasteiger charge is 2.15. The maximum absolute atomic E-state index is 12.1. The predicted octanol–water partition coefficient (Wildman–Crippen LogP) is 3.13. The van der Waals surface area contributed by atoms with Crippen LogP contribution in [0, 0.1) is 13.8 Å². The third-order valence-electron chi connectivity index (χ3n) is 3.82. The van der Waals surface area contributed by atoms with Crippen molar-refractivity contribution in [3.05, 3.63) is 65.2 Å². The minimum absolute atomic E-state index is 0.374. The first-order chi connectivity index (χ1) is 11.5. The second kappa shape index (κ2) is 8.15. The summed E-state index contributed by atoms with van der Waals surface area (Å²) in [7, 11) is 0. The van der Waals surface area contributed by atoms with E-state index in [1.807, 2.05) is 62.4 Å². The number of benzene rings is 2. The molecular formula is C19H23N3O2. The molecule has 0 aromatic heterocycles. The summed E-state index contributed by atoms with van der Waals surface area (Å²) in [4.78, 5) is 23.9.